The van der Waals surface area contributed by atoms with Crippen LogP contribution in [0.4, 0.5) is 0 Å². The maximum atomic E-state index is 13.2. The van der Waals surface area contributed by atoms with Crippen LogP contribution in [-0.4, -0.2) is 41.5 Å². The van der Waals surface area contributed by atoms with Crippen LogP contribution in [0.25, 0.3) is 17.0 Å². The molecule has 6 heteroatoms. The lowest BCUT2D eigenvalue weighted by molar-refractivity contribution is -0.127. The Morgan fingerprint density at radius 3 is 2.43 bits per heavy atom. The van der Waals surface area contributed by atoms with Crippen molar-refractivity contribution in [3.8, 4) is 5.75 Å². The Morgan fingerprint density at radius 2 is 1.73 bits per heavy atom. The molecule has 0 aliphatic carbocycles. The fraction of sp³-hybridized carbons (Fsp3) is 0.250. The van der Waals surface area contributed by atoms with Crippen LogP contribution >= 0.6 is 0 Å². The van der Waals surface area contributed by atoms with Crippen molar-refractivity contribution in [3.05, 3.63) is 71.6 Å². The molecular formula is C24H27N3O3. The quantitative estimate of drug-likeness (QED) is 0.608. The smallest absolute Gasteiger partial charge is 0.270 e. The van der Waals surface area contributed by atoms with Crippen molar-refractivity contribution < 1.29 is 14.3 Å². The van der Waals surface area contributed by atoms with E-state index in [1.807, 2.05) is 55.9 Å². The minimum Gasteiger partial charge on any atom is -0.496 e. The number of benzene rings is 2. The summed E-state index contributed by atoms with van der Waals surface area (Å²) in [6.07, 6.45) is 3.70. The van der Waals surface area contributed by atoms with Gasteiger partial charge in [0.25, 0.3) is 11.8 Å². The zero-order valence-corrected chi connectivity index (χ0v) is 17.8. The van der Waals surface area contributed by atoms with Crippen LogP contribution in [0.15, 0.2) is 60.4 Å². The maximum absolute atomic E-state index is 13.2. The molecule has 2 amide bonds. The molecule has 0 unspecified atom stereocenters. The standard InChI is InChI=1S/C24H27N3O3/c1-5-27(6-2)24(29)20(25-23(28)19-12-8-10-14-22(19)30-4)15-17-16-26(3)21-13-9-7-11-18(17)21/h7-16H,5-6H2,1-4H3,(H,25,28)/b20-15+. The van der Waals surface area contributed by atoms with E-state index < -0.39 is 0 Å². The Bertz CT molecular complexity index is 1090. The van der Waals surface area contributed by atoms with Gasteiger partial charge in [-0.05, 0) is 38.1 Å². The van der Waals surface area contributed by atoms with Crippen LogP contribution in [0.1, 0.15) is 29.8 Å². The zero-order valence-electron chi connectivity index (χ0n) is 17.8. The first-order valence-corrected chi connectivity index (χ1v) is 9.99. The van der Waals surface area contributed by atoms with Gasteiger partial charge in [0.15, 0.2) is 0 Å². The van der Waals surface area contributed by atoms with E-state index in [2.05, 4.69) is 5.32 Å². The minimum absolute atomic E-state index is 0.226. The SMILES string of the molecule is CCN(CC)C(=O)/C(=C\c1cn(C)c2ccccc12)NC(=O)c1ccccc1OC. The maximum Gasteiger partial charge on any atom is 0.270 e. The predicted octanol–water partition coefficient (Wildman–Crippen LogP) is 3.83. The number of hydrogen-bond acceptors (Lipinski definition) is 3. The number of para-hydroxylation sites is 2. The van der Waals surface area contributed by atoms with Gasteiger partial charge >= 0.3 is 0 Å². The number of ether oxygens (including phenoxy) is 1. The second-order valence-electron chi connectivity index (χ2n) is 6.90. The molecule has 1 aromatic heterocycles. The highest BCUT2D eigenvalue weighted by molar-refractivity contribution is 6.07. The molecule has 3 rings (SSSR count). The molecule has 2 aromatic carbocycles. The van der Waals surface area contributed by atoms with Gasteiger partial charge in [-0.3, -0.25) is 9.59 Å². The topological polar surface area (TPSA) is 63.6 Å². The molecule has 0 fully saturated rings. The molecule has 0 spiro atoms. The van der Waals surface area contributed by atoms with E-state index in [0.29, 0.717) is 24.4 Å². The first-order valence-electron chi connectivity index (χ1n) is 9.99. The molecule has 0 radical (unpaired) electrons. The van der Waals surface area contributed by atoms with Gasteiger partial charge in [0.1, 0.15) is 11.4 Å². The van der Waals surface area contributed by atoms with Gasteiger partial charge in [0.2, 0.25) is 0 Å². The monoisotopic (exact) mass is 405 g/mol. The van der Waals surface area contributed by atoms with Crippen LogP contribution in [-0.2, 0) is 11.8 Å². The number of carbonyl (C=O) groups is 2. The molecule has 6 nitrogen and oxygen atoms in total. The first-order chi connectivity index (χ1) is 14.5. The summed E-state index contributed by atoms with van der Waals surface area (Å²) in [4.78, 5) is 27.8. The van der Waals surface area contributed by atoms with E-state index in [1.54, 1.807) is 35.2 Å². The normalized spacial score (nSPS) is 11.4. The number of likely N-dealkylation sites (N-methyl/N-ethyl adjacent to an activating group) is 1. The summed E-state index contributed by atoms with van der Waals surface area (Å²) in [7, 11) is 3.47. The van der Waals surface area contributed by atoms with Gasteiger partial charge in [-0.15, -0.1) is 0 Å². The van der Waals surface area contributed by atoms with Gasteiger partial charge < -0.3 is 19.5 Å². The van der Waals surface area contributed by atoms with E-state index in [9.17, 15) is 9.59 Å². The van der Waals surface area contributed by atoms with Crippen LogP contribution in [0.5, 0.6) is 5.75 Å². The number of hydrogen-bond donors (Lipinski definition) is 1. The van der Waals surface area contributed by atoms with Crippen molar-refractivity contribution in [2.75, 3.05) is 20.2 Å². The highest BCUT2D eigenvalue weighted by atomic mass is 16.5. The van der Waals surface area contributed by atoms with E-state index in [0.717, 1.165) is 16.5 Å². The lowest BCUT2D eigenvalue weighted by Gasteiger charge is -2.21. The Hall–Kier alpha value is -3.54. The minimum atomic E-state index is -0.389. The summed E-state index contributed by atoms with van der Waals surface area (Å²) in [6, 6.07) is 14.9. The van der Waals surface area contributed by atoms with Crippen molar-refractivity contribution in [1.82, 2.24) is 14.8 Å². The molecule has 0 bridgehead atoms. The van der Waals surface area contributed by atoms with Crippen molar-refractivity contribution in [2.24, 2.45) is 7.05 Å². The fourth-order valence-corrected chi connectivity index (χ4v) is 3.50. The summed E-state index contributed by atoms with van der Waals surface area (Å²) < 4.78 is 7.30. The van der Waals surface area contributed by atoms with Crippen LogP contribution in [0.2, 0.25) is 0 Å². The number of methoxy groups -OCH3 is 1. The molecule has 30 heavy (non-hydrogen) atoms. The summed E-state index contributed by atoms with van der Waals surface area (Å²) in [6.45, 7) is 4.93. The van der Waals surface area contributed by atoms with Crippen molar-refractivity contribution >= 4 is 28.8 Å². The number of carbonyl (C=O) groups excluding carboxylic acids is 2. The number of aryl methyl sites for hydroxylation is 1. The molecule has 0 aliphatic heterocycles. The fourth-order valence-electron chi connectivity index (χ4n) is 3.50. The van der Waals surface area contributed by atoms with Crippen LogP contribution in [0.3, 0.4) is 0 Å². The van der Waals surface area contributed by atoms with Crippen molar-refractivity contribution in [2.45, 2.75) is 13.8 Å². The number of aromatic nitrogens is 1. The number of nitrogens with zero attached hydrogens (tertiary/aromatic N) is 2. The predicted molar refractivity (Wildman–Crippen MR) is 119 cm³/mol. The molecule has 3 aromatic rings. The van der Waals surface area contributed by atoms with E-state index in [4.69, 9.17) is 4.74 Å². The van der Waals surface area contributed by atoms with E-state index >= 15 is 0 Å². The average molecular weight is 405 g/mol. The third kappa shape index (κ3) is 4.22. The van der Waals surface area contributed by atoms with E-state index in [1.165, 1.54) is 7.11 Å². The van der Waals surface area contributed by atoms with Gasteiger partial charge in [0, 0.05) is 42.8 Å². The molecule has 156 valence electrons. The van der Waals surface area contributed by atoms with Crippen LogP contribution in [0, 0.1) is 0 Å². The van der Waals surface area contributed by atoms with E-state index in [-0.39, 0.29) is 17.5 Å². The Labute approximate surface area is 176 Å². The number of fused-ring (bicyclic) bond motifs is 1. The first kappa shape index (κ1) is 21.2. The summed E-state index contributed by atoms with van der Waals surface area (Å²) in [5.41, 5.74) is 2.51. The van der Waals surface area contributed by atoms with Crippen LogP contribution < -0.4 is 10.1 Å². The lowest BCUT2D eigenvalue weighted by atomic mass is 10.1. The number of rotatable bonds is 7. The Morgan fingerprint density at radius 1 is 1.07 bits per heavy atom. The van der Waals surface area contributed by atoms with Gasteiger partial charge in [0.05, 0.1) is 12.7 Å². The molecule has 0 saturated heterocycles. The zero-order chi connectivity index (χ0) is 21.7. The summed E-state index contributed by atoms with van der Waals surface area (Å²) in [5, 5.41) is 3.83. The summed E-state index contributed by atoms with van der Waals surface area (Å²) in [5.74, 6) is -0.162. The number of nitrogens with one attached hydrogen (secondary N) is 1. The average Bonchev–Trinajstić information content (AvgIpc) is 3.09. The highest BCUT2D eigenvalue weighted by Crippen LogP contribution is 2.23. The Balaban J connectivity index is 2.05. The third-order valence-corrected chi connectivity index (χ3v) is 5.11. The van der Waals surface area contributed by atoms with Gasteiger partial charge in [-0.1, -0.05) is 30.3 Å². The lowest BCUT2D eigenvalue weighted by Crippen LogP contribution is -2.38. The Kier molecular flexibility index (Phi) is 6.57. The molecular weight excluding hydrogens is 378 g/mol. The second-order valence-corrected chi connectivity index (χ2v) is 6.90. The third-order valence-electron chi connectivity index (χ3n) is 5.11. The molecule has 0 atom stereocenters. The largest absolute Gasteiger partial charge is 0.496 e. The molecule has 0 saturated carbocycles. The van der Waals surface area contributed by atoms with Gasteiger partial charge in [-0.25, -0.2) is 0 Å². The summed E-state index contributed by atoms with van der Waals surface area (Å²) >= 11 is 0. The highest BCUT2D eigenvalue weighted by Gasteiger charge is 2.21. The van der Waals surface area contributed by atoms with Crippen molar-refractivity contribution in [1.29, 1.82) is 0 Å². The van der Waals surface area contributed by atoms with Crippen molar-refractivity contribution in [3.63, 3.8) is 0 Å². The molecule has 1 N–H and O–H groups in total. The molecule has 0 aliphatic rings. The van der Waals surface area contributed by atoms with Gasteiger partial charge in [-0.2, -0.15) is 0 Å². The second kappa shape index (κ2) is 9.31. The number of amides is 2. The molecule has 1 heterocycles.